The summed E-state index contributed by atoms with van der Waals surface area (Å²) in [5.74, 6) is -0.314. The molecule has 0 fully saturated rings. The van der Waals surface area contributed by atoms with E-state index < -0.39 is 0 Å². The molecule has 1 aromatic heterocycles. The molecule has 4 rings (SSSR count). The Labute approximate surface area is 161 Å². The van der Waals surface area contributed by atoms with Crippen LogP contribution < -0.4 is 5.32 Å². The van der Waals surface area contributed by atoms with Gasteiger partial charge >= 0.3 is 0 Å². The van der Waals surface area contributed by atoms with Crippen LogP contribution in [0.3, 0.4) is 0 Å². The van der Waals surface area contributed by atoms with Gasteiger partial charge in [-0.2, -0.15) is 0 Å². The molecule has 1 aliphatic heterocycles. The van der Waals surface area contributed by atoms with E-state index in [4.69, 9.17) is 0 Å². The van der Waals surface area contributed by atoms with Crippen LogP contribution in [0.4, 0.5) is 5.13 Å². The molecule has 0 bridgehead atoms. The minimum Gasteiger partial charge on any atom is -0.333 e. The van der Waals surface area contributed by atoms with Gasteiger partial charge in [-0.1, -0.05) is 42.5 Å². The number of amides is 2. The van der Waals surface area contributed by atoms with Crippen molar-refractivity contribution in [3.8, 4) is 0 Å². The van der Waals surface area contributed by atoms with Crippen LogP contribution in [0.5, 0.6) is 0 Å². The molecule has 0 saturated carbocycles. The zero-order valence-corrected chi connectivity index (χ0v) is 15.8. The molecule has 0 saturated heterocycles. The number of carbonyl (C=O) groups excluding carboxylic acids is 2. The molecule has 1 aliphatic rings. The highest BCUT2D eigenvalue weighted by Gasteiger charge is 2.23. The highest BCUT2D eigenvalue weighted by atomic mass is 32.1. The van der Waals surface area contributed by atoms with Crippen LogP contribution in [0.15, 0.2) is 53.9 Å². The van der Waals surface area contributed by atoms with Gasteiger partial charge in [0.1, 0.15) is 5.69 Å². The lowest BCUT2D eigenvalue weighted by Gasteiger charge is -2.28. The fourth-order valence-corrected chi connectivity index (χ4v) is 3.93. The minimum absolute atomic E-state index is 0.0999. The predicted molar refractivity (Wildman–Crippen MR) is 106 cm³/mol. The number of hydrogen-bond donors (Lipinski definition) is 1. The summed E-state index contributed by atoms with van der Waals surface area (Å²) >= 11 is 1.27. The first kappa shape index (κ1) is 17.4. The van der Waals surface area contributed by atoms with E-state index >= 15 is 0 Å². The molecule has 0 radical (unpaired) electrons. The van der Waals surface area contributed by atoms with Gasteiger partial charge in [0.2, 0.25) is 0 Å². The van der Waals surface area contributed by atoms with E-state index in [9.17, 15) is 9.59 Å². The zero-order chi connectivity index (χ0) is 18.8. The highest BCUT2D eigenvalue weighted by Crippen LogP contribution is 2.23. The number of carbonyl (C=O) groups is 2. The van der Waals surface area contributed by atoms with Gasteiger partial charge in [0.15, 0.2) is 5.13 Å². The van der Waals surface area contributed by atoms with E-state index in [0.717, 1.165) is 12.0 Å². The van der Waals surface area contributed by atoms with Crippen molar-refractivity contribution in [3.05, 3.63) is 81.9 Å². The van der Waals surface area contributed by atoms with E-state index in [1.807, 2.05) is 42.2 Å². The van der Waals surface area contributed by atoms with Crippen molar-refractivity contribution in [1.29, 1.82) is 0 Å². The number of anilines is 1. The maximum atomic E-state index is 12.8. The lowest BCUT2D eigenvalue weighted by atomic mass is 10.00. The van der Waals surface area contributed by atoms with Crippen LogP contribution in [0.25, 0.3) is 0 Å². The molecule has 0 aliphatic carbocycles. The molecular formula is C21H19N3O2S. The first-order valence-corrected chi connectivity index (χ1v) is 9.68. The summed E-state index contributed by atoms with van der Waals surface area (Å²) in [5, 5.41) is 4.93. The second-order valence-corrected chi connectivity index (χ2v) is 7.41. The maximum absolute atomic E-state index is 12.8. The molecule has 2 amide bonds. The van der Waals surface area contributed by atoms with Gasteiger partial charge in [-0.25, -0.2) is 4.98 Å². The van der Waals surface area contributed by atoms with Crippen molar-refractivity contribution in [2.24, 2.45) is 0 Å². The molecule has 0 spiro atoms. The van der Waals surface area contributed by atoms with Gasteiger partial charge in [-0.15, -0.1) is 11.3 Å². The van der Waals surface area contributed by atoms with E-state index in [-0.39, 0.29) is 11.8 Å². The summed E-state index contributed by atoms with van der Waals surface area (Å²) in [6.07, 6.45) is 0.850. The molecule has 0 atom stereocenters. The van der Waals surface area contributed by atoms with E-state index in [0.29, 0.717) is 29.5 Å². The van der Waals surface area contributed by atoms with E-state index in [1.54, 1.807) is 11.4 Å². The Morgan fingerprint density at radius 2 is 1.81 bits per heavy atom. The molecule has 3 aromatic rings. The first-order chi connectivity index (χ1) is 13.1. The predicted octanol–water partition coefficient (Wildman–Crippen LogP) is 3.90. The summed E-state index contributed by atoms with van der Waals surface area (Å²) in [6.45, 7) is 3.16. The number of hydrogen-bond acceptors (Lipinski definition) is 4. The largest absolute Gasteiger partial charge is 0.333 e. The Hall–Kier alpha value is -2.99. The van der Waals surface area contributed by atoms with Gasteiger partial charge in [0, 0.05) is 24.0 Å². The average molecular weight is 377 g/mol. The van der Waals surface area contributed by atoms with Crippen LogP contribution in [0.1, 0.15) is 37.5 Å². The summed E-state index contributed by atoms with van der Waals surface area (Å²) in [6, 6.07) is 15.6. The fourth-order valence-electron chi connectivity index (χ4n) is 3.25. The summed E-state index contributed by atoms with van der Waals surface area (Å²) in [4.78, 5) is 31.3. The summed E-state index contributed by atoms with van der Waals surface area (Å²) in [5.41, 5.74) is 4.36. The van der Waals surface area contributed by atoms with Crippen LogP contribution >= 0.6 is 11.3 Å². The second-order valence-electron chi connectivity index (χ2n) is 6.55. The number of aromatic nitrogens is 1. The molecule has 27 heavy (non-hydrogen) atoms. The van der Waals surface area contributed by atoms with Crippen molar-refractivity contribution in [2.45, 2.75) is 19.9 Å². The number of nitrogens with zero attached hydrogens (tertiary/aromatic N) is 2. The maximum Gasteiger partial charge on any atom is 0.273 e. The van der Waals surface area contributed by atoms with Gasteiger partial charge in [-0.3, -0.25) is 14.9 Å². The molecule has 1 N–H and O–H groups in total. The van der Waals surface area contributed by atoms with Crippen LogP contribution in [-0.4, -0.2) is 28.2 Å². The average Bonchev–Trinajstić information content (AvgIpc) is 3.15. The van der Waals surface area contributed by atoms with Gasteiger partial charge < -0.3 is 4.90 Å². The lowest BCUT2D eigenvalue weighted by molar-refractivity contribution is 0.0729. The summed E-state index contributed by atoms with van der Waals surface area (Å²) in [7, 11) is 0. The molecule has 2 aromatic carbocycles. The van der Waals surface area contributed by atoms with Gasteiger partial charge in [0.05, 0.1) is 0 Å². The fraction of sp³-hybridized carbons (Fsp3) is 0.190. The molecule has 6 heteroatoms. The molecule has 5 nitrogen and oxygen atoms in total. The first-order valence-electron chi connectivity index (χ1n) is 8.80. The normalized spacial score (nSPS) is 13.1. The Kier molecular flexibility index (Phi) is 4.73. The highest BCUT2D eigenvalue weighted by molar-refractivity contribution is 7.14. The van der Waals surface area contributed by atoms with Crippen LogP contribution in [-0.2, 0) is 13.0 Å². The topological polar surface area (TPSA) is 62.3 Å². The lowest BCUT2D eigenvalue weighted by Crippen LogP contribution is -2.36. The number of rotatable bonds is 3. The molecular weight excluding hydrogens is 358 g/mol. The number of benzene rings is 2. The van der Waals surface area contributed by atoms with E-state index in [2.05, 4.69) is 22.4 Å². The third-order valence-corrected chi connectivity index (χ3v) is 5.51. The second kappa shape index (κ2) is 7.32. The Bertz CT molecular complexity index is 1010. The smallest absolute Gasteiger partial charge is 0.273 e. The Morgan fingerprint density at radius 1 is 1.07 bits per heavy atom. The monoisotopic (exact) mass is 377 g/mol. The summed E-state index contributed by atoms with van der Waals surface area (Å²) < 4.78 is 0. The van der Waals surface area contributed by atoms with E-state index in [1.165, 1.54) is 22.5 Å². The number of aryl methyl sites for hydroxylation is 1. The van der Waals surface area contributed by atoms with Crippen LogP contribution in [0.2, 0.25) is 0 Å². The standard InChI is InChI=1S/C21H19N3O2S/c1-14-6-2-5-9-17(14)19(25)23-21-22-18(13-27-21)20(26)24-11-10-15-7-3-4-8-16(15)12-24/h2-9,13H,10-12H2,1H3,(H,22,23,25). The van der Waals surface area contributed by atoms with Gasteiger partial charge in [-0.05, 0) is 36.1 Å². The third kappa shape index (κ3) is 3.61. The van der Waals surface area contributed by atoms with Crippen molar-refractivity contribution in [1.82, 2.24) is 9.88 Å². The molecule has 0 unspecified atom stereocenters. The Morgan fingerprint density at radius 3 is 2.63 bits per heavy atom. The number of thiazole rings is 1. The minimum atomic E-state index is -0.214. The zero-order valence-electron chi connectivity index (χ0n) is 14.9. The van der Waals surface area contributed by atoms with Crippen molar-refractivity contribution in [2.75, 3.05) is 11.9 Å². The SMILES string of the molecule is Cc1ccccc1C(=O)Nc1nc(C(=O)N2CCc3ccccc3C2)cs1. The van der Waals surface area contributed by atoms with Crippen molar-refractivity contribution in [3.63, 3.8) is 0 Å². The van der Waals surface area contributed by atoms with Crippen LogP contribution in [0, 0.1) is 6.92 Å². The quantitative estimate of drug-likeness (QED) is 0.753. The number of nitrogens with one attached hydrogen (secondary N) is 1. The molecule has 2 heterocycles. The third-order valence-electron chi connectivity index (χ3n) is 4.75. The van der Waals surface area contributed by atoms with Crippen molar-refractivity contribution < 1.29 is 9.59 Å². The van der Waals surface area contributed by atoms with Crippen molar-refractivity contribution >= 4 is 28.3 Å². The molecule has 136 valence electrons. The van der Waals surface area contributed by atoms with Gasteiger partial charge in [0.25, 0.3) is 11.8 Å². The number of fused-ring (bicyclic) bond motifs is 1. The Balaban J connectivity index is 1.46.